The Morgan fingerprint density at radius 2 is 1.71 bits per heavy atom. The molecule has 3 aromatic rings. The highest BCUT2D eigenvalue weighted by atomic mass is 35.5. The molecular weight excluding hydrogens is 468 g/mol. The van der Waals surface area contributed by atoms with Gasteiger partial charge in [-0.3, -0.25) is 9.59 Å². The average Bonchev–Trinajstić information content (AvgIpc) is 3.23. The molecule has 1 heterocycles. The molecule has 0 saturated carbocycles. The minimum absolute atomic E-state index is 0.0761. The van der Waals surface area contributed by atoms with E-state index in [0.717, 1.165) is 23.3 Å². The Morgan fingerprint density at radius 1 is 1.03 bits per heavy atom. The standard InChI is InChI=1S/C27H27ClN2O3S/c1-2-19-5-13-24(14-6-19)33-16-15-29-26(32)21-7-9-22(10-8-21)27-30(25(31)18-34-27)17-20-3-11-23(28)12-4-20/h3-14,27H,2,15-18H2,1H3,(H,29,32)/t27-/m0/s1. The van der Waals surface area contributed by atoms with Crippen molar-refractivity contribution in [1.82, 2.24) is 10.2 Å². The van der Waals surface area contributed by atoms with Gasteiger partial charge in [-0.2, -0.15) is 0 Å². The second-order valence-corrected chi connectivity index (χ2v) is 9.54. The van der Waals surface area contributed by atoms with Crippen molar-refractivity contribution < 1.29 is 14.3 Å². The van der Waals surface area contributed by atoms with Gasteiger partial charge in [0.2, 0.25) is 5.91 Å². The summed E-state index contributed by atoms with van der Waals surface area (Å²) in [5.74, 6) is 1.20. The van der Waals surface area contributed by atoms with Gasteiger partial charge < -0.3 is 15.0 Å². The molecule has 0 aliphatic carbocycles. The summed E-state index contributed by atoms with van der Waals surface area (Å²) in [7, 11) is 0. The van der Waals surface area contributed by atoms with Gasteiger partial charge in [-0.05, 0) is 59.5 Å². The number of aryl methyl sites for hydroxylation is 1. The van der Waals surface area contributed by atoms with Crippen LogP contribution in [0.3, 0.4) is 0 Å². The minimum Gasteiger partial charge on any atom is -0.492 e. The lowest BCUT2D eigenvalue weighted by Gasteiger charge is -2.24. The zero-order valence-electron chi connectivity index (χ0n) is 19.0. The average molecular weight is 495 g/mol. The summed E-state index contributed by atoms with van der Waals surface area (Å²) < 4.78 is 5.69. The van der Waals surface area contributed by atoms with Gasteiger partial charge in [0, 0.05) is 17.1 Å². The van der Waals surface area contributed by atoms with Crippen molar-refractivity contribution in [2.75, 3.05) is 18.9 Å². The van der Waals surface area contributed by atoms with Crippen LogP contribution in [0.5, 0.6) is 5.75 Å². The van der Waals surface area contributed by atoms with Crippen LogP contribution in [0.15, 0.2) is 72.8 Å². The first-order chi connectivity index (χ1) is 16.5. The number of halogens is 1. The molecule has 1 atom stereocenters. The molecule has 5 nitrogen and oxygen atoms in total. The Morgan fingerprint density at radius 3 is 2.38 bits per heavy atom. The zero-order valence-corrected chi connectivity index (χ0v) is 20.6. The van der Waals surface area contributed by atoms with E-state index in [4.69, 9.17) is 16.3 Å². The van der Waals surface area contributed by atoms with Crippen LogP contribution < -0.4 is 10.1 Å². The van der Waals surface area contributed by atoms with Crippen molar-refractivity contribution in [1.29, 1.82) is 0 Å². The molecule has 2 amide bonds. The monoisotopic (exact) mass is 494 g/mol. The van der Waals surface area contributed by atoms with Crippen LogP contribution in [-0.4, -0.2) is 35.6 Å². The van der Waals surface area contributed by atoms with Gasteiger partial charge in [-0.15, -0.1) is 11.8 Å². The predicted octanol–water partition coefficient (Wildman–Crippen LogP) is 5.49. The Bertz CT molecular complexity index is 1120. The zero-order chi connectivity index (χ0) is 23.9. The maximum absolute atomic E-state index is 12.5. The molecule has 1 aliphatic rings. The van der Waals surface area contributed by atoms with Crippen LogP contribution in [0.2, 0.25) is 5.02 Å². The number of benzene rings is 3. The summed E-state index contributed by atoms with van der Waals surface area (Å²) >= 11 is 7.57. The van der Waals surface area contributed by atoms with Crippen LogP contribution in [0, 0.1) is 0 Å². The van der Waals surface area contributed by atoms with E-state index >= 15 is 0 Å². The number of hydrogen-bond acceptors (Lipinski definition) is 4. The van der Waals surface area contributed by atoms with E-state index in [-0.39, 0.29) is 17.2 Å². The fourth-order valence-corrected chi connectivity index (χ4v) is 5.06. The number of rotatable bonds is 9. The topological polar surface area (TPSA) is 58.6 Å². The highest BCUT2D eigenvalue weighted by molar-refractivity contribution is 8.00. The highest BCUT2D eigenvalue weighted by Gasteiger charge is 2.32. The van der Waals surface area contributed by atoms with Gasteiger partial charge >= 0.3 is 0 Å². The summed E-state index contributed by atoms with van der Waals surface area (Å²) in [4.78, 5) is 26.9. The molecule has 1 N–H and O–H groups in total. The first-order valence-corrected chi connectivity index (χ1v) is 12.7. The molecule has 7 heteroatoms. The fourth-order valence-electron chi connectivity index (χ4n) is 3.74. The first-order valence-electron chi connectivity index (χ1n) is 11.3. The third-order valence-electron chi connectivity index (χ3n) is 5.68. The Kier molecular flexibility index (Phi) is 8.14. The van der Waals surface area contributed by atoms with Crippen LogP contribution in [-0.2, 0) is 17.8 Å². The molecule has 0 aromatic heterocycles. The lowest BCUT2D eigenvalue weighted by molar-refractivity contribution is -0.128. The summed E-state index contributed by atoms with van der Waals surface area (Å²) in [6, 6.07) is 23.0. The van der Waals surface area contributed by atoms with Gasteiger partial charge in [0.25, 0.3) is 5.91 Å². The van der Waals surface area contributed by atoms with E-state index in [0.29, 0.717) is 36.0 Å². The SMILES string of the molecule is CCc1ccc(OCCNC(=O)c2ccc([C@@H]3SCC(=O)N3Cc3ccc(Cl)cc3)cc2)cc1. The number of nitrogens with zero attached hydrogens (tertiary/aromatic N) is 1. The van der Waals surface area contributed by atoms with Crippen molar-refractivity contribution in [3.05, 3.63) is 100 Å². The molecule has 4 rings (SSSR count). The van der Waals surface area contributed by atoms with Crippen LogP contribution in [0.25, 0.3) is 0 Å². The third kappa shape index (κ3) is 6.13. The van der Waals surface area contributed by atoms with Crippen LogP contribution in [0.1, 0.15) is 39.3 Å². The van der Waals surface area contributed by atoms with E-state index in [1.807, 2.05) is 65.6 Å². The third-order valence-corrected chi connectivity index (χ3v) is 7.19. The number of ether oxygens (including phenoxy) is 1. The molecule has 0 bridgehead atoms. The number of amides is 2. The maximum atomic E-state index is 12.5. The maximum Gasteiger partial charge on any atom is 0.251 e. The molecule has 34 heavy (non-hydrogen) atoms. The normalized spacial score (nSPS) is 15.4. The molecule has 176 valence electrons. The molecule has 0 spiro atoms. The lowest BCUT2D eigenvalue weighted by Crippen LogP contribution is -2.28. The van der Waals surface area contributed by atoms with E-state index < -0.39 is 0 Å². The molecule has 1 fully saturated rings. The number of nitrogens with one attached hydrogen (secondary N) is 1. The Balaban J connectivity index is 1.30. The number of thioether (sulfide) groups is 1. The van der Waals surface area contributed by atoms with Gasteiger partial charge in [0.1, 0.15) is 17.7 Å². The summed E-state index contributed by atoms with van der Waals surface area (Å²) in [5, 5.41) is 3.49. The number of carbonyl (C=O) groups is 2. The van der Waals surface area contributed by atoms with E-state index in [1.54, 1.807) is 23.9 Å². The molecule has 0 radical (unpaired) electrons. The van der Waals surface area contributed by atoms with E-state index in [1.165, 1.54) is 5.56 Å². The molecule has 1 saturated heterocycles. The summed E-state index contributed by atoms with van der Waals surface area (Å²) in [5.41, 5.74) is 3.87. The first kappa shape index (κ1) is 24.2. The van der Waals surface area contributed by atoms with E-state index in [2.05, 4.69) is 12.2 Å². The van der Waals surface area contributed by atoms with Crippen LogP contribution >= 0.6 is 23.4 Å². The Hall–Kier alpha value is -2.96. The van der Waals surface area contributed by atoms with Gasteiger partial charge in [-0.25, -0.2) is 0 Å². The summed E-state index contributed by atoms with van der Waals surface area (Å²) in [6.45, 7) is 3.45. The van der Waals surface area contributed by atoms with E-state index in [9.17, 15) is 9.59 Å². The molecular formula is C27H27ClN2O3S. The summed E-state index contributed by atoms with van der Waals surface area (Å²) in [6.07, 6.45) is 0.991. The fraction of sp³-hybridized carbons (Fsp3) is 0.259. The van der Waals surface area contributed by atoms with Crippen molar-refractivity contribution in [3.8, 4) is 5.75 Å². The van der Waals surface area contributed by atoms with Crippen molar-refractivity contribution in [2.24, 2.45) is 0 Å². The second kappa shape index (κ2) is 11.4. The van der Waals surface area contributed by atoms with Gasteiger partial charge in [-0.1, -0.05) is 54.9 Å². The van der Waals surface area contributed by atoms with Crippen molar-refractivity contribution >= 4 is 35.2 Å². The number of hydrogen-bond donors (Lipinski definition) is 1. The number of carbonyl (C=O) groups excluding carboxylic acids is 2. The van der Waals surface area contributed by atoms with Gasteiger partial charge in [0.05, 0.1) is 12.3 Å². The Labute approximate surface area is 209 Å². The van der Waals surface area contributed by atoms with Crippen LogP contribution in [0.4, 0.5) is 0 Å². The highest BCUT2D eigenvalue weighted by Crippen LogP contribution is 2.39. The van der Waals surface area contributed by atoms with Gasteiger partial charge in [0.15, 0.2) is 0 Å². The molecule has 3 aromatic carbocycles. The second-order valence-electron chi connectivity index (χ2n) is 8.04. The predicted molar refractivity (Wildman–Crippen MR) is 137 cm³/mol. The largest absolute Gasteiger partial charge is 0.492 e. The smallest absolute Gasteiger partial charge is 0.251 e. The molecule has 0 unspecified atom stereocenters. The quantitative estimate of drug-likeness (QED) is 0.400. The lowest BCUT2D eigenvalue weighted by atomic mass is 10.1. The van der Waals surface area contributed by atoms with Crippen molar-refractivity contribution in [3.63, 3.8) is 0 Å². The van der Waals surface area contributed by atoms with Crippen molar-refractivity contribution in [2.45, 2.75) is 25.3 Å². The molecule has 1 aliphatic heterocycles. The minimum atomic E-state index is -0.148.